The van der Waals surface area contributed by atoms with Gasteiger partial charge in [-0.05, 0) is 73.4 Å². The normalized spacial score (nSPS) is 11.4. The monoisotopic (exact) mass is 545 g/mol. The van der Waals surface area contributed by atoms with Gasteiger partial charge in [-0.2, -0.15) is 5.11 Å². The minimum absolute atomic E-state index is 0.0472. The average Bonchev–Trinajstić information content (AvgIpc) is 3.17. The number of quaternary nitrogens is 1. The van der Waals surface area contributed by atoms with Crippen molar-refractivity contribution in [2.45, 2.75) is 20.8 Å². The molecule has 0 aliphatic rings. The predicted molar refractivity (Wildman–Crippen MR) is 153 cm³/mol. The van der Waals surface area contributed by atoms with E-state index in [1.165, 1.54) is 22.9 Å². The first-order valence-corrected chi connectivity index (χ1v) is 12.7. The van der Waals surface area contributed by atoms with Crippen LogP contribution in [0.5, 0.6) is 5.75 Å². The van der Waals surface area contributed by atoms with Gasteiger partial charge in [-0.3, -0.25) is 9.89 Å². The number of hydrogen-bond acceptors (Lipinski definition) is 6. The molecule has 10 heteroatoms. The largest absolute Gasteiger partial charge is 0.871 e. The van der Waals surface area contributed by atoms with Crippen LogP contribution in [0.1, 0.15) is 27.2 Å². The Morgan fingerprint density at radius 3 is 2.27 bits per heavy atom. The van der Waals surface area contributed by atoms with Crippen molar-refractivity contribution in [2.24, 2.45) is 10.2 Å². The van der Waals surface area contributed by atoms with Crippen molar-refractivity contribution in [1.82, 2.24) is 9.78 Å². The van der Waals surface area contributed by atoms with E-state index in [0.29, 0.717) is 22.5 Å². The fourth-order valence-corrected chi connectivity index (χ4v) is 3.76. The molecule has 0 radical (unpaired) electrons. The van der Waals surface area contributed by atoms with Gasteiger partial charge >= 0.3 is 5.97 Å². The molecule has 3 aromatic carbocycles. The number of aromatic nitrogens is 2. The SMILES string of the molecule is C[N+](C)(C)CCO.Cc1ccc(-n2[nH]c(C)c(N=Nc3cccc(-c4cccc(C(=O)O)c4)c3[O-])c2=O)cc1C. The molecule has 4 aromatic rings. The molecule has 210 valence electrons. The molecular weight excluding hydrogens is 510 g/mol. The second-order valence-electron chi connectivity index (χ2n) is 10.5. The molecule has 0 amide bonds. The van der Waals surface area contributed by atoms with Crippen LogP contribution in [0.3, 0.4) is 0 Å². The number of carbonyl (C=O) groups is 1. The molecule has 3 N–H and O–H groups in total. The average molecular weight is 546 g/mol. The highest BCUT2D eigenvalue weighted by atomic mass is 16.4. The minimum atomic E-state index is -1.08. The van der Waals surface area contributed by atoms with Crippen LogP contribution >= 0.6 is 0 Å². The maximum absolute atomic E-state index is 12.9. The molecule has 0 unspecified atom stereocenters. The molecule has 1 heterocycles. The van der Waals surface area contributed by atoms with Crippen molar-refractivity contribution in [3.8, 4) is 22.6 Å². The summed E-state index contributed by atoms with van der Waals surface area (Å²) in [5.74, 6) is -1.49. The maximum atomic E-state index is 12.9. The molecule has 0 saturated heterocycles. The molecule has 40 heavy (non-hydrogen) atoms. The summed E-state index contributed by atoms with van der Waals surface area (Å²) < 4.78 is 2.23. The van der Waals surface area contributed by atoms with Crippen LogP contribution in [-0.2, 0) is 0 Å². The Labute approximate surface area is 233 Å². The standard InChI is InChI=1S/C25H22N4O4.C5H14NO/c1-14-10-11-19(12-15(14)2)29-24(31)22(16(3)28-29)27-26-21-9-5-8-20(23(21)30)17-6-4-7-18(13-17)25(32)33;1-6(2,3)4-5-7/h4-13,28,30H,1-3H3,(H,32,33);7H,4-5H2,1-3H3/q;+1/p-1. The lowest BCUT2D eigenvalue weighted by molar-refractivity contribution is -0.870. The van der Waals surface area contributed by atoms with E-state index in [2.05, 4.69) is 36.5 Å². The van der Waals surface area contributed by atoms with Gasteiger partial charge in [0.1, 0.15) is 6.54 Å². The number of likely N-dealkylation sites (N-methyl/N-ethyl adjacent to an activating group) is 1. The van der Waals surface area contributed by atoms with Gasteiger partial charge in [-0.1, -0.05) is 36.1 Å². The van der Waals surface area contributed by atoms with Crippen molar-refractivity contribution in [1.29, 1.82) is 0 Å². The van der Waals surface area contributed by atoms with Crippen molar-refractivity contribution < 1.29 is 24.6 Å². The molecule has 0 aliphatic heterocycles. The summed E-state index contributed by atoms with van der Waals surface area (Å²) in [5, 5.41) is 41.7. The number of aromatic carboxylic acids is 1. The minimum Gasteiger partial charge on any atom is -0.871 e. The zero-order chi connectivity index (χ0) is 29.6. The van der Waals surface area contributed by atoms with Crippen molar-refractivity contribution >= 4 is 17.3 Å². The van der Waals surface area contributed by atoms with Crippen molar-refractivity contribution in [2.75, 3.05) is 34.3 Å². The van der Waals surface area contributed by atoms with Gasteiger partial charge in [0.25, 0.3) is 5.56 Å². The molecular formula is C30H35N5O5. The summed E-state index contributed by atoms with van der Waals surface area (Å²) in [4.78, 5) is 24.2. The Morgan fingerprint density at radius 1 is 0.975 bits per heavy atom. The molecule has 10 nitrogen and oxygen atoms in total. The summed E-state index contributed by atoms with van der Waals surface area (Å²) in [7, 11) is 6.16. The first-order chi connectivity index (χ1) is 18.8. The Morgan fingerprint density at radius 2 is 1.68 bits per heavy atom. The van der Waals surface area contributed by atoms with Gasteiger partial charge in [0.15, 0.2) is 5.69 Å². The highest BCUT2D eigenvalue weighted by Crippen LogP contribution is 2.36. The lowest BCUT2D eigenvalue weighted by Gasteiger charge is -2.21. The van der Waals surface area contributed by atoms with Crippen LogP contribution in [0.4, 0.5) is 11.4 Å². The third-order valence-corrected chi connectivity index (χ3v) is 6.23. The predicted octanol–water partition coefficient (Wildman–Crippen LogP) is 4.63. The number of nitrogens with one attached hydrogen (secondary N) is 1. The van der Waals surface area contributed by atoms with Crippen LogP contribution < -0.4 is 10.7 Å². The lowest BCUT2D eigenvalue weighted by Crippen LogP contribution is -2.36. The number of carboxylic acid groups (broad SMARTS) is 1. The molecule has 0 aliphatic carbocycles. The fourth-order valence-electron chi connectivity index (χ4n) is 3.76. The van der Waals surface area contributed by atoms with Gasteiger partial charge in [0.2, 0.25) is 0 Å². The number of rotatable bonds is 7. The van der Waals surface area contributed by atoms with Gasteiger partial charge in [-0.15, -0.1) is 5.11 Å². The number of aliphatic hydroxyl groups is 1. The van der Waals surface area contributed by atoms with Gasteiger partial charge < -0.3 is 19.8 Å². The molecule has 0 atom stereocenters. The second kappa shape index (κ2) is 12.5. The molecule has 0 fully saturated rings. The number of azo groups is 1. The third-order valence-electron chi connectivity index (χ3n) is 6.23. The molecule has 0 saturated carbocycles. The number of H-pyrrole nitrogens is 1. The van der Waals surface area contributed by atoms with Crippen LogP contribution in [0.15, 0.2) is 75.7 Å². The van der Waals surface area contributed by atoms with Crippen molar-refractivity contribution in [3.05, 3.63) is 93.4 Å². The highest BCUT2D eigenvalue weighted by Gasteiger charge is 2.13. The summed E-state index contributed by atoms with van der Waals surface area (Å²) in [5.41, 5.74) is 3.97. The van der Waals surface area contributed by atoms with E-state index in [-0.39, 0.29) is 29.1 Å². The quantitative estimate of drug-likeness (QED) is 0.229. The number of benzene rings is 3. The second-order valence-corrected chi connectivity index (χ2v) is 10.5. The maximum Gasteiger partial charge on any atom is 0.335 e. The molecule has 1 aromatic heterocycles. The summed E-state index contributed by atoms with van der Waals surface area (Å²) in [6.07, 6.45) is 0. The lowest BCUT2D eigenvalue weighted by atomic mass is 10.0. The van der Waals surface area contributed by atoms with E-state index in [4.69, 9.17) is 5.11 Å². The Bertz CT molecular complexity index is 1600. The number of aliphatic hydroxyl groups excluding tert-OH is 1. The first kappa shape index (κ1) is 30.0. The molecule has 0 bridgehead atoms. The third kappa shape index (κ3) is 7.31. The van der Waals surface area contributed by atoms with Crippen LogP contribution in [0, 0.1) is 20.8 Å². The highest BCUT2D eigenvalue weighted by molar-refractivity contribution is 5.90. The Balaban J connectivity index is 0.000000559. The van der Waals surface area contributed by atoms with Crippen LogP contribution in [0.2, 0.25) is 0 Å². The van der Waals surface area contributed by atoms with Crippen LogP contribution in [0.25, 0.3) is 16.8 Å². The molecule has 4 rings (SSSR count). The number of para-hydroxylation sites is 1. The van der Waals surface area contributed by atoms with E-state index >= 15 is 0 Å². The molecule has 0 spiro atoms. The smallest absolute Gasteiger partial charge is 0.335 e. The Hall–Kier alpha value is -4.54. The summed E-state index contributed by atoms with van der Waals surface area (Å²) >= 11 is 0. The van der Waals surface area contributed by atoms with Gasteiger partial charge in [-0.25, -0.2) is 9.48 Å². The number of hydrogen-bond donors (Lipinski definition) is 3. The number of nitrogens with zero attached hydrogens (tertiary/aromatic N) is 4. The van der Waals surface area contributed by atoms with E-state index in [1.807, 2.05) is 32.0 Å². The zero-order valence-electron chi connectivity index (χ0n) is 23.6. The first-order valence-electron chi connectivity index (χ1n) is 12.7. The van der Waals surface area contributed by atoms with Gasteiger partial charge in [0, 0.05) is 0 Å². The topological polar surface area (TPSA) is 143 Å². The van der Waals surface area contributed by atoms with Gasteiger partial charge in [0.05, 0.1) is 50.4 Å². The Kier molecular flexibility index (Phi) is 9.41. The van der Waals surface area contributed by atoms with Crippen molar-refractivity contribution in [3.63, 3.8) is 0 Å². The van der Waals surface area contributed by atoms with E-state index in [9.17, 15) is 19.8 Å². The number of aryl methyl sites for hydroxylation is 3. The summed E-state index contributed by atoms with van der Waals surface area (Å²) in [6, 6.07) is 16.5. The van der Waals surface area contributed by atoms with E-state index in [0.717, 1.165) is 22.2 Å². The van der Waals surface area contributed by atoms with Crippen LogP contribution in [-0.4, -0.2) is 64.7 Å². The summed E-state index contributed by atoms with van der Waals surface area (Å²) in [6.45, 7) is 6.78. The number of carboxylic acids is 1. The fraction of sp³-hybridized carbons (Fsp3) is 0.267. The van der Waals surface area contributed by atoms with E-state index in [1.54, 1.807) is 31.2 Å². The van der Waals surface area contributed by atoms with E-state index < -0.39 is 11.7 Å². The zero-order valence-corrected chi connectivity index (χ0v) is 23.6. The number of aromatic amines is 1.